The molecular formula is C30H37Cl2F4N3O2. The van der Waals surface area contributed by atoms with Gasteiger partial charge in [-0.1, -0.05) is 49.2 Å². The number of nitrogens with zero attached hydrogens (tertiary/aromatic N) is 3. The van der Waals surface area contributed by atoms with Gasteiger partial charge in [0.2, 0.25) is 11.8 Å². The molecule has 1 aromatic carbocycles. The minimum Gasteiger partial charge on any atom is -0.341 e. The molecule has 2 heterocycles. The third kappa shape index (κ3) is 6.94. The van der Waals surface area contributed by atoms with Gasteiger partial charge in [0.05, 0.1) is 16.0 Å². The van der Waals surface area contributed by atoms with Gasteiger partial charge < -0.3 is 14.7 Å². The van der Waals surface area contributed by atoms with Crippen LogP contribution in [-0.2, 0) is 22.3 Å². The Labute approximate surface area is 249 Å². The minimum atomic E-state index is -4.84. The molecule has 0 N–H and O–H groups in total. The van der Waals surface area contributed by atoms with E-state index in [1.807, 2.05) is 24.8 Å². The number of benzene rings is 1. The van der Waals surface area contributed by atoms with E-state index in [4.69, 9.17) is 23.2 Å². The Hall–Kier alpha value is -2.10. The maximum atomic E-state index is 14.1. The molecule has 2 saturated heterocycles. The third-order valence-corrected chi connectivity index (χ3v) is 9.97. The van der Waals surface area contributed by atoms with Crippen LogP contribution in [0.4, 0.5) is 17.6 Å². The zero-order chi connectivity index (χ0) is 30.1. The standard InChI is InChI=1S/C30H37Cl2F4N3O2/c1-19-22(7-8-24(31)27(19)32)29(2,12-16-38-14-10-21(11-15-38)39-13-4-5-26(39)40)28(41)37(3)18-20-6-9-25(33)23(17-20)30(34,35)36/h6-9,17,19,21-22H,4-5,10-16,18H2,1-3H3/t19?,22?,29-/m1/s1. The molecule has 11 heteroatoms. The SMILES string of the molecule is CC1C(Cl)=C(Cl)C=CC1[C@@](C)(CCN1CCC(N2CCCC2=O)CC1)C(=O)N(C)Cc1ccc(F)c(C(F)(F)F)c1. The quantitative estimate of drug-likeness (QED) is 0.301. The zero-order valence-electron chi connectivity index (χ0n) is 23.6. The molecule has 5 nitrogen and oxygen atoms in total. The minimum absolute atomic E-state index is 0.109. The molecule has 3 aliphatic rings. The van der Waals surface area contributed by atoms with Crippen LogP contribution in [0.5, 0.6) is 0 Å². The number of halogens is 6. The summed E-state index contributed by atoms with van der Waals surface area (Å²) in [6, 6.07) is 3.07. The van der Waals surface area contributed by atoms with Crippen LogP contribution >= 0.6 is 23.2 Å². The number of piperidine rings is 1. The van der Waals surface area contributed by atoms with Crippen molar-refractivity contribution in [1.29, 1.82) is 0 Å². The van der Waals surface area contributed by atoms with E-state index in [2.05, 4.69) is 4.90 Å². The van der Waals surface area contributed by atoms with Crippen molar-refractivity contribution in [1.82, 2.24) is 14.7 Å². The molecule has 4 rings (SSSR count). The fourth-order valence-corrected chi connectivity index (χ4v) is 7.00. The van der Waals surface area contributed by atoms with E-state index < -0.39 is 23.0 Å². The van der Waals surface area contributed by atoms with Crippen LogP contribution in [0.1, 0.15) is 57.1 Å². The molecule has 2 fully saturated rings. The van der Waals surface area contributed by atoms with Crippen LogP contribution in [0.2, 0.25) is 0 Å². The van der Waals surface area contributed by atoms with E-state index in [0.717, 1.165) is 51.0 Å². The van der Waals surface area contributed by atoms with Gasteiger partial charge in [-0.3, -0.25) is 9.59 Å². The molecule has 0 radical (unpaired) electrons. The van der Waals surface area contributed by atoms with Crippen molar-refractivity contribution in [2.24, 2.45) is 17.3 Å². The molecule has 0 bridgehead atoms. The van der Waals surface area contributed by atoms with Crippen LogP contribution in [0.25, 0.3) is 0 Å². The number of hydrogen-bond donors (Lipinski definition) is 0. The zero-order valence-corrected chi connectivity index (χ0v) is 25.1. The Morgan fingerprint density at radius 1 is 1.15 bits per heavy atom. The first kappa shape index (κ1) is 31.8. The molecule has 2 aliphatic heterocycles. The Balaban J connectivity index is 1.50. The first-order valence-corrected chi connectivity index (χ1v) is 14.8. The van der Waals surface area contributed by atoms with Crippen molar-refractivity contribution in [3.05, 3.63) is 57.4 Å². The maximum absolute atomic E-state index is 14.1. The van der Waals surface area contributed by atoms with Gasteiger partial charge in [0.15, 0.2) is 0 Å². The number of rotatable bonds is 8. The van der Waals surface area contributed by atoms with Gasteiger partial charge in [0, 0.05) is 56.6 Å². The molecule has 226 valence electrons. The largest absolute Gasteiger partial charge is 0.419 e. The lowest BCUT2D eigenvalue weighted by Crippen LogP contribution is -2.50. The second-order valence-corrected chi connectivity index (χ2v) is 12.6. The van der Waals surface area contributed by atoms with Crippen molar-refractivity contribution in [3.63, 3.8) is 0 Å². The first-order valence-electron chi connectivity index (χ1n) is 14.1. The summed E-state index contributed by atoms with van der Waals surface area (Å²) in [7, 11) is 1.55. The van der Waals surface area contributed by atoms with Crippen LogP contribution < -0.4 is 0 Å². The van der Waals surface area contributed by atoms with E-state index in [1.165, 1.54) is 11.0 Å². The Bertz CT molecular complexity index is 1210. The average molecular weight is 619 g/mol. The van der Waals surface area contributed by atoms with Crippen LogP contribution in [-0.4, -0.2) is 65.8 Å². The second-order valence-electron chi connectivity index (χ2n) is 11.8. The lowest BCUT2D eigenvalue weighted by atomic mass is 9.66. The molecule has 2 unspecified atom stereocenters. The van der Waals surface area contributed by atoms with Gasteiger partial charge in [0.1, 0.15) is 5.82 Å². The van der Waals surface area contributed by atoms with Gasteiger partial charge in [-0.25, -0.2) is 4.39 Å². The summed E-state index contributed by atoms with van der Waals surface area (Å²) in [5.41, 5.74) is -2.12. The van der Waals surface area contributed by atoms with E-state index in [1.54, 1.807) is 13.1 Å². The molecule has 2 amide bonds. The molecular weight excluding hydrogens is 581 g/mol. The van der Waals surface area contributed by atoms with Gasteiger partial charge in [0.25, 0.3) is 0 Å². The van der Waals surface area contributed by atoms with Gasteiger partial charge in [-0.2, -0.15) is 13.2 Å². The third-order valence-electron chi connectivity index (χ3n) is 9.00. The molecule has 0 aromatic heterocycles. The number of hydrogen-bond acceptors (Lipinski definition) is 3. The van der Waals surface area contributed by atoms with Crippen molar-refractivity contribution in [2.75, 3.05) is 33.2 Å². The molecule has 1 aliphatic carbocycles. The summed E-state index contributed by atoms with van der Waals surface area (Å²) >= 11 is 12.8. The lowest BCUT2D eigenvalue weighted by Gasteiger charge is -2.43. The summed E-state index contributed by atoms with van der Waals surface area (Å²) in [5.74, 6) is -1.90. The van der Waals surface area contributed by atoms with E-state index in [-0.39, 0.29) is 41.8 Å². The number of carbonyl (C=O) groups is 2. The highest BCUT2D eigenvalue weighted by Gasteiger charge is 2.46. The van der Waals surface area contributed by atoms with Crippen molar-refractivity contribution < 1.29 is 27.2 Å². The number of likely N-dealkylation sites (tertiary alicyclic amines) is 2. The van der Waals surface area contributed by atoms with Crippen molar-refractivity contribution >= 4 is 35.0 Å². The van der Waals surface area contributed by atoms with Crippen molar-refractivity contribution in [2.45, 2.75) is 64.7 Å². The number of alkyl halides is 3. The fourth-order valence-electron chi connectivity index (χ4n) is 6.56. The average Bonchev–Trinajstić information content (AvgIpc) is 3.36. The summed E-state index contributed by atoms with van der Waals surface area (Å²) in [6.45, 7) is 6.77. The first-order chi connectivity index (χ1) is 19.2. The molecule has 3 atom stereocenters. The highest BCUT2D eigenvalue weighted by molar-refractivity contribution is 6.40. The Kier molecular flexibility index (Phi) is 9.81. The lowest BCUT2D eigenvalue weighted by molar-refractivity contribution is -0.144. The van der Waals surface area contributed by atoms with Crippen LogP contribution in [0.3, 0.4) is 0 Å². The fraction of sp³-hybridized carbons (Fsp3) is 0.600. The Morgan fingerprint density at radius 2 is 1.83 bits per heavy atom. The van der Waals surface area contributed by atoms with E-state index in [0.29, 0.717) is 29.5 Å². The smallest absolute Gasteiger partial charge is 0.341 e. The molecule has 41 heavy (non-hydrogen) atoms. The molecule has 0 spiro atoms. The second kappa shape index (κ2) is 12.6. The number of amides is 2. The van der Waals surface area contributed by atoms with E-state index in [9.17, 15) is 27.2 Å². The molecule has 0 saturated carbocycles. The normalized spacial score (nSPS) is 24.2. The highest BCUT2D eigenvalue weighted by atomic mass is 35.5. The summed E-state index contributed by atoms with van der Waals surface area (Å²) < 4.78 is 53.7. The monoisotopic (exact) mass is 617 g/mol. The van der Waals surface area contributed by atoms with E-state index >= 15 is 0 Å². The predicted molar refractivity (Wildman–Crippen MR) is 152 cm³/mol. The topological polar surface area (TPSA) is 43.9 Å². The molecule has 1 aromatic rings. The van der Waals surface area contributed by atoms with Gasteiger partial charge >= 0.3 is 6.18 Å². The predicted octanol–water partition coefficient (Wildman–Crippen LogP) is 6.80. The van der Waals surface area contributed by atoms with Crippen molar-refractivity contribution in [3.8, 4) is 0 Å². The number of allylic oxidation sites excluding steroid dienone is 4. The van der Waals surface area contributed by atoms with Gasteiger partial charge in [-0.15, -0.1) is 0 Å². The Morgan fingerprint density at radius 3 is 2.44 bits per heavy atom. The van der Waals surface area contributed by atoms with Crippen LogP contribution in [0.15, 0.2) is 40.4 Å². The highest BCUT2D eigenvalue weighted by Crippen LogP contribution is 2.46. The van der Waals surface area contributed by atoms with Gasteiger partial charge in [-0.05, 0) is 61.9 Å². The summed E-state index contributed by atoms with van der Waals surface area (Å²) in [6.07, 6.45) is 2.55. The maximum Gasteiger partial charge on any atom is 0.419 e. The number of carbonyl (C=O) groups excluding carboxylic acids is 2. The summed E-state index contributed by atoms with van der Waals surface area (Å²) in [4.78, 5) is 32.0. The summed E-state index contributed by atoms with van der Waals surface area (Å²) in [5, 5.41) is 0.883. The van der Waals surface area contributed by atoms with Crippen LogP contribution in [0, 0.1) is 23.1 Å².